The highest BCUT2D eigenvalue weighted by molar-refractivity contribution is 5.85. The molecule has 47 heavy (non-hydrogen) atoms. The number of ether oxygens (including phenoxy) is 2. The number of benzene rings is 3. The van der Waals surface area contributed by atoms with E-state index in [9.17, 15) is 18.4 Å². The van der Waals surface area contributed by atoms with Crippen molar-refractivity contribution in [2.75, 3.05) is 25.1 Å². The second-order valence-corrected chi connectivity index (χ2v) is 11.3. The quantitative estimate of drug-likeness (QED) is 0.164. The van der Waals surface area contributed by atoms with Crippen LogP contribution in [-0.2, 0) is 27.2 Å². The average molecular weight is 648 g/mol. The summed E-state index contributed by atoms with van der Waals surface area (Å²) in [5.41, 5.74) is 8.59. The molecular formula is C35H36F3N5O4. The van der Waals surface area contributed by atoms with Crippen LogP contribution in [0.3, 0.4) is 0 Å². The van der Waals surface area contributed by atoms with Gasteiger partial charge in [0, 0.05) is 42.7 Å². The van der Waals surface area contributed by atoms with Crippen molar-refractivity contribution in [1.82, 2.24) is 15.6 Å². The predicted molar refractivity (Wildman–Crippen MR) is 170 cm³/mol. The van der Waals surface area contributed by atoms with E-state index >= 15 is 4.39 Å². The Balaban J connectivity index is 1.20. The van der Waals surface area contributed by atoms with E-state index in [0.29, 0.717) is 48.5 Å². The molecule has 5 rings (SSSR count). The number of hydrogen-bond donors (Lipinski definition) is 4. The minimum absolute atomic E-state index is 0.116. The Labute approximate surface area is 270 Å². The van der Waals surface area contributed by atoms with Crippen molar-refractivity contribution in [3.05, 3.63) is 131 Å². The molecule has 0 saturated carbocycles. The van der Waals surface area contributed by atoms with Crippen LogP contribution in [-0.4, -0.2) is 54.9 Å². The number of carbonyl (C=O) groups is 2. The van der Waals surface area contributed by atoms with Crippen molar-refractivity contribution in [2.45, 2.75) is 43.5 Å². The zero-order chi connectivity index (χ0) is 33.2. The summed E-state index contributed by atoms with van der Waals surface area (Å²) in [6, 6.07) is 18.1. The molecule has 0 aliphatic carbocycles. The van der Waals surface area contributed by atoms with Crippen molar-refractivity contribution < 1.29 is 32.2 Å². The number of primary amides is 1. The lowest BCUT2D eigenvalue weighted by Crippen LogP contribution is -2.49. The summed E-state index contributed by atoms with van der Waals surface area (Å²) in [7, 11) is 0. The third-order valence-corrected chi connectivity index (χ3v) is 7.99. The largest absolute Gasteiger partial charge is 0.448 e. The fourth-order valence-corrected chi connectivity index (χ4v) is 5.52. The number of alkyl carbamates (subject to hydrolysis) is 1. The number of aromatic nitrogens is 1. The van der Waals surface area contributed by atoms with Gasteiger partial charge in [-0.3, -0.25) is 9.78 Å². The Morgan fingerprint density at radius 2 is 1.68 bits per heavy atom. The van der Waals surface area contributed by atoms with Crippen molar-refractivity contribution in [1.29, 1.82) is 0 Å². The van der Waals surface area contributed by atoms with Crippen LogP contribution in [0.4, 0.5) is 23.7 Å². The van der Waals surface area contributed by atoms with Gasteiger partial charge in [-0.05, 0) is 72.0 Å². The molecule has 2 heterocycles. The van der Waals surface area contributed by atoms with Crippen molar-refractivity contribution >= 4 is 17.7 Å². The van der Waals surface area contributed by atoms with Gasteiger partial charge in [-0.1, -0.05) is 36.4 Å². The van der Waals surface area contributed by atoms with Gasteiger partial charge in [-0.25, -0.2) is 18.0 Å². The van der Waals surface area contributed by atoms with Crippen molar-refractivity contribution in [3.63, 3.8) is 0 Å². The highest BCUT2D eigenvalue weighted by Gasteiger charge is 2.31. The zero-order valence-electron chi connectivity index (χ0n) is 25.5. The first-order valence-electron chi connectivity index (χ1n) is 15.3. The fourth-order valence-electron chi connectivity index (χ4n) is 5.52. The molecule has 246 valence electrons. The Morgan fingerprint density at radius 3 is 2.28 bits per heavy atom. The minimum atomic E-state index is -1.08. The standard InChI is InChI=1S/C35H36F3N5O4/c36-25-10-6-23(7-11-25)32(24-8-12-26(37)13-9-24)33(34(39)44)43-31-5-1-4-30(38)29(31)15-14-28-19-41-27(20-46-28)21-47-35(45)42-18-22-3-2-16-40-17-22/h1-13,16-17,27-28,32-33,41,43H,14-15,18-21H2,(H2,39,44)(H,42,45)/t27-,28+,33-/m0/s1. The highest BCUT2D eigenvalue weighted by atomic mass is 19.1. The Kier molecular flexibility index (Phi) is 11.4. The summed E-state index contributed by atoms with van der Waals surface area (Å²) in [6.07, 6.45) is 3.26. The van der Waals surface area contributed by atoms with Crippen molar-refractivity contribution in [2.24, 2.45) is 5.73 Å². The molecule has 1 fully saturated rings. The first-order chi connectivity index (χ1) is 22.8. The minimum Gasteiger partial charge on any atom is -0.448 e. The van der Waals surface area contributed by atoms with Crippen LogP contribution < -0.4 is 21.7 Å². The van der Waals surface area contributed by atoms with Crippen LogP contribution in [0.25, 0.3) is 0 Å². The molecule has 3 aromatic carbocycles. The first kappa shape index (κ1) is 33.4. The maximum Gasteiger partial charge on any atom is 0.407 e. The number of carbonyl (C=O) groups excluding carboxylic acids is 2. The molecule has 4 aromatic rings. The van der Waals surface area contributed by atoms with E-state index in [-0.39, 0.29) is 25.2 Å². The summed E-state index contributed by atoms with van der Waals surface area (Å²) in [5, 5.41) is 9.12. The topological polar surface area (TPSA) is 128 Å². The van der Waals surface area contributed by atoms with Crippen LogP contribution in [0, 0.1) is 17.5 Å². The SMILES string of the molecule is NC(=O)[C@@H](Nc1cccc(F)c1CC[C@@H]1CN[C@H](COC(=O)NCc2cccnc2)CO1)C(c1ccc(F)cc1)c1ccc(F)cc1. The van der Waals surface area contributed by atoms with E-state index in [0.717, 1.165) is 5.56 Å². The molecule has 3 atom stereocenters. The number of nitrogens with two attached hydrogens (primary N) is 1. The molecule has 1 aliphatic heterocycles. The van der Waals surface area contributed by atoms with E-state index in [4.69, 9.17) is 15.2 Å². The smallest absolute Gasteiger partial charge is 0.407 e. The third kappa shape index (κ3) is 9.30. The predicted octanol–water partition coefficient (Wildman–Crippen LogP) is 4.81. The Hall–Kier alpha value is -4.94. The number of rotatable bonds is 13. The maximum absolute atomic E-state index is 15.2. The number of nitrogens with zero attached hydrogens (tertiary/aromatic N) is 1. The summed E-state index contributed by atoms with van der Waals surface area (Å²) in [6.45, 7) is 1.17. The highest BCUT2D eigenvalue weighted by Crippen LogP contribution is 2.32. The fraction of sp³-hybridized carbons (Fsp3) is 0.286. The average Bonchev–Trinajstić information content (AvgIpc) is 3.08. The molecular weight excluding hydrogens is 611 g/mol. The number of amides is 2. The number of morpholine rings is 1. The summed E-state index contributed by atoms with van der Waals surface area (Å²) >= 11 is 0. The van der Waals surface area contributed by atoms with Gasteiger partial charge in [0.1, 0.15) is 30.1 Å². The van der Waals surface area contributed by atoms with Crippen LogP contribution in [0.15, 0.2) is 91.3 Å². The molecule has 0 bridgehead atoms. The molecule has 0 spiro atoms. The summed E-state index contributed by atoms with van der Waals surface area (Å²) in [4.78, 5) is 29.0. The molecule has 0 radical (unpaired) electrons. The number of halogens is 3. The van der Waals surface area contributed by atoms with Crippen LogP contribution in [0.1, 0.15) is 34.6 Å². The van der Waals surface area contributed by atoms with Gasteiger partial charge in [-0.15, -0.1) is 0 Å². The first-order valence-corrected chi connectivity index (χ1v) is 15.3. The summed E-state index contributed by atoms with van der Waals surface area (Å²) < 4.78 is 54.1. The Bertz CT molecular complexity index is 1570. The number of nitrogens with one attached hydrogen (secondary N) is 3. The molecule has 2 amide bonds. The van der Waals surface area contributed by atoms with E-state index in [1.807, 2.05) is 6.07 Å². The molecule has 1 aliphatic rings. The molecule has 9 nitrogen and oxygen atoms in total. The third-order valence-electron chi connectivity index (χ3n) is 7.99. The molecule has 0 unspecified atom stereocenters. The molecule has 12 heteroatoms. The second-order valence-electron chi connectivity index (χ2n) is 11.3. The van der Waals surface area contributed by atoms with Crippen molar-refractivity contribution in [3.8, 4) is 0 Å². The zero-order valence-corrected chi connectivity index (χ0v) is 25.5. The van der Waals surface area contributed by atoms with Crippen LogP contribution in [0.5, 0.6) is 0 Å². The normalized spacial score (nSPS) is 16.8. The lowest BCUT2D eigenvalue weighted by molar-refractivity contribution is -0.119. The Morgan fingerprint density at radius 1 is 0.979 bits per heavy atom. The second kappa shape index (κ2) is 16.1. The van der Waals surface area contributed by atoms with Gasteiger partial charge >= 0.3 is 6.09 Å². The van der Waals surface area contributed by atoms with Gasteiger partial charge in [0.05, 0.1) is 18.8 Å². The number of pyridine rings is 1. The lowest BCUT2D eigenvalue weighted by Gasteiger charge is -2.31. The van der Waals surface area contributed by atoms with Gasteiger partial charge in [0.25, 0.3) is 0 Å². The van der Waals surface area contributed by atoms with Crippen LogP contribution in [0.2, 0.25) is 0 Å². The molecule has 1 aromatic heterocycles. The monoisotopic (exact) mass is 647 g/mol. The number of hydrogen-bond acceptors (Lipinski definition) is 7. The lowest BCUT2D eigenvalue weighted by atomic mass is 9.84. The molecule has 1 saturated heterocycles. The van der Waals surface area contributed by atoms with Gasteiger partial charge in [0.2, 0.25) is 5.91 Å². The van der Waals surface area contributed by atoms with Gasteiger partial charge in [0.15, 0.2) is 0 Å². The van der Waals surface area contributed by atoms with E-state index in [2.05, 4.69) is 20.9 Å². The molecule has 5 N–H and O–H groups in total. The van der Waals surface area contributed by atoms with Crippen LogP contribution >= 0.6 is 0 Å². The van der Waals surface area contributed by atoms with Gasteiger partial charge in [-0.2, -0.15) is 0 Å². The number of anilines is 1. The summed E-state index contributed by atoms with van der Waals surface area (Å²) in [5.74, 6) is -2.83. The van der Waals surface area contributed by atoms with Gasteiger partial charge < -0.3 is 31.2 Å². The maximum atomic E-state index is 15.2. The van der Waals surface area contributed by atoms with E-state index in [1.54, 1.807) is 24.5 Å². The van der Waals surface area contributed by atoms with E-state index in [1.165, 1.54) is 60.7 Å². The van der Waals surface area contributed by atoms with E-state index < -0.39 is 41.4 Å².